The Morgan fingerprint density at radius 3 is 2.40 bits per heavy atom. The fraction of sp³-hybridized carbons (Fsp3) is 0.333. The van der Waals surface area contributed by atoms with Crippen molar-refractivity contribution in [3.05, 3.63) is 5.69 Å². The van der Waals surface area contributed by atoms with Crippen molar-refractivity contribution in [2.24, 2.45) is 0 Å². The number of hydrogen-bond acceptors (Lipinski definition) is 5. The van der Waals surface area contributed by atoms with Gasteiger partial charge in [-0.2, -0.15) is 8.42 Å². The zero-order valence-corrected chi connectivity index (χ0v) is 6.61. The predicted molar refractivity (Wildman–Crippen MR) is 34.5 cm³/mol. The molecule has 0 radical (unpaired) electrons. The zero-order valence-electron chi connectivity index (χ0n) is 4.97. The van der Waals surface area contributed by atoms with Crippen LogP contribution in [-0.2, 0) is 10.1 Å². The summed E-state index contributed by atoms with van der Waals surface area (Å²) in [4.78, 5) is 0. The summed E-state index contributed by atoms with van der Waals surface area (Å²) in [5.74, 6) is 0. The molecule has 0 aliphatic heterocycles. The van der Waals surface area contributed by atoms with Crippen LogP contribution in [0.5, 0.6) is 0 Å². The van der Waals surface area contributed by atoms with Crippen molar-refractivity contribution in [2.45, 2.75) is 11.1 Å². The second-order valence-electron chi connectivity index (χ2n) is 1.62. The Bertz CT molecular complexity index is 327. The molecule has 10 heavy (non-hydrogen) atoms. The van der Waals surface area contributed by atoms with Gasteiger partial charge in [0.15, 0.2) is 4.21 Å². The summed E-state index contributed by atoms with van der Waals surface area (Å²) >= 11 is 0.657. The normalized spacial score (nSPS) is 11.8. The van der Waals surface area contributed by atoms with E-state index in [-0.39, 0.29) is 9.90 Å². The standard InChI is InChI=1S/C3H4N2O3S2/c1-2-3(9-5-4-2)10(6,7)8/h1H3,(H,6,7,8). The Kier molecular flexibility index (Phi) is 1.71. The largest absolute Gasteiger partial charge is 0.307 e. The van der Waals surface area contributed by atoms with E-state index in [2.05, 4.69) is 9.59 Å². The summed E-state index contributed by atoms with van der Waals surface area (Å²) in [5.41, 5.74) is 0.229. The monoisotopic (exact) mass is 180 g/mol. The first kappa shape index (κ1) is 7.58. The summed E-state index contributed by atoms with van der Waals surface area (Å²) in [6, 6.07) is 0. The minimum Gasteiger partial charge on any atom is -0.281 e. The molecule has 0 saturated carbocycles. The summed E-state index contributed by atoms with van der Waals surface area (Å²) in [5, 5.41) is 3.41. The van der Waals surface area contributed by atoms with E-state index in [0.29, 0.717) is 11.5 Å². The van der Waals surface area contributed by atoms with Gasteiger partial charge in [0, 0.05) is 11.5 Å². The van der Waals surface area contributed by atoms with Crippen LogP contribution < -0.4 is 0 Å². The molecule has 0 aliphatic rings. The topological polar surface area (TPSA) is 80.2 Å². The van der Waals surface area contributed by atoms with E-state index >= 15 is 0 Å². The average Bonchev–Trinajstić information content (AvgIpc) is 2.11. The molecular formula is C3H4N2O3S2. The van der Waals surface area contributed by atoms with Gasteiger partial charge in [0.05, 0.1) is 5.69 Å². The minimum atomic E-state index is -4.10. The van der Waals surface area contributed by atoms with Crippen LogP contribution in [-0.4, -0.2) is 22.6 Å². The predicted octanol–water partition coefficient (Wildman–Crippen LogP) is 0.0932. The molecular weight excluding hydrogens is 176 g/mol. The van der Waals surface area contributed by atoms with E-state index in [9.17, 15) is 8.42 Å². The van der Waals surface area contributed by atoms with Gasteiger partial charge in [-0.05, 0) is 6.92 Å². The van der Waals surface area contributed by atoms with Gasteiger partial charge in [0.2, 0.25) is 0 Å². The highest BCUT2D eigenvalue weighted by Gasteiger charge is 2.16. The van der Waals surface area contributed by atoms with Gasteiger partial charge >= 0.3 is 10.1 Å². The van der Waals surface area contributed by atoms with Crippen LogP contribution >= 0.6 is 11.5 Å². The molecule has 7 heteroatoms. The van der Waals surface area contributed by atoms with Gasteiger partial charge in [-0.1, -0.05) is 4.49 Å². The first-order valence-electron chi connectivity index (χ1n) is 2.28. The molecule has 1 rings (SSSR count). The molecule has 0 saturated heterocycles. The lowest BCUT2D eigenvalue weighted by atomic mass is 10.6. The molecule has 0 aromatic carbocycles. The first-order valence-corrected chi connectivity index (χ1v) is 4.49. The summed E-state index contributed by atoms with van der Waals surface area (Å²) in [7, 11) is -4.10. The number of hydrogen-bond donors (Lipinski definition) is 1. The van der Waals surface area contributed by atoms with Crippen molar-refractivity contribution in [1.29, 1.82) is 0 Å². The molecule has 0 aliphatic carbocycles. The Morgan fingerprint density at radius 2 is 2.20 bits per heavy atom. The highest BCUT2D eigenvalue weighted by molar-refractivity contribution is 7.88. The lowest BCUT2D eigenvalue weighted by molar-refractivity contribution is 0.485. The van der Waals surface area contributed by atoms with Gasteiger partial charge in [-0.15, -0.1) is 5.10 Å². The summed E-state index contributed by atoms with van der Waals surface area (Å²) in [6.07, 6.45) is 0. The molecule has 1 heterocycles. The van der Waals surface area contributed by atoms with Crippen molar-refractivity contribution < 1.29 is 13.0 Å². The van der Waals surface area contributed by atoms with E-state index in [1.165, 1.54) is 6.92 Å². The van der Waals surface area contributed by atoms with Crippen molar-refractivity contribution in [3.8, 4) is 0 Å². The van der Waals surface area contributed by atoms with Gasteiger partial charge in [0.1, 0.15) is 0 Å². The Balaban J connectivity index is 3.32. The van der Waals surface area contributed by atoms with Crippen molar-refractivity contribution in [3.63, 3.8) is 0 Å². The van der Waals surface area contributed by atoms with E-state index in [1.54, 1.807) is 0 Å². The molecule has 0 atom stereocenters. The number of aromatic nitrogens is 2. The third kappa shape index (κ3) is 1.31. The minimum absolute atomic E-state index is 0.187. The second-order valence-corrected chi connectivity index (χ2v) is 3.99. The molecule has 0 bridgehead atoms. The Morgan fingerprint density at radius 1 is 1.60 bits per heavy atom. The second kappa shape index (κ2) is 2.26. The first-order chi connectivity index (χ1) is 4.52. The molecule has 0 amide bonds. The van der Waals surface area contributed by atoms with E-state index < -0.39 is 10.1 Å². The van der Waals surface area contributed by atoms with E-state index in [4.69, 9.17) is 4.55 Å². The number of nitrogens with zero attached hydrogens (tertiary/aromatic N) is 2. The van der Waals surface area contributed by atoms with Gasteiger partial charge in [-0.3, -0.25) is 4.55 Å². The van der Waals surface area contributed by atoms with Gasteiger partial charge < -0.3 is 0 Å². The van der Waals surface area contributed by atoms with Crippen LogP contribution in [0.15, 0.2) is 4.21 Å². The molecule has 1 N–H and O–H groups in total. The van der Waals surface area contributed by atoms with Crippen LogP contribution in [0.3, 0.4) is 0 Å². The lowest BCUT2D eigenvalue weighted by Crippen LogP contribution is -1.96. The molecule has 0 spiro atoms. The van der Waals surface area contributed by atoms with Crippen LogP contribution in [0.1, 0.15) is 5.69 Å². The SMILES string of the molecule is Cc1nnsc1S(=O)(=O)O. The van der Waals surface area contributed by atoms with Crippen molar-refractivity contribution >= 4 is 21.7 Å². The van der Waals surface area contributed by atoms with Crippen LogP contribution in [0.4, 0.5) is 0 Å². The molecule has 0 fully saturated rings. The maximum Gasteiger partial charge on any atom is 0.307 e. The third-order valence-corrected chi connectivity index (χ3v) is 3.09. The summed E-state index contributed by atoms with van der Waals surface area (Å²) < 4.78 is 32.4. The van der Waals surface area contributed by atoms with E-state index in [1.807, 2.05) is 0 Å². The van der Waals surface area contributed by atoms with Gasteiger partial charge in [-0.25, -0.2) is 0 Å². The highest BCUT2D eigenvalue weighted by Crippen LogP contribution is 2.15. The van der Waals surface area contributed by atoms with Crippen molar-refractivity contribution in [1.82, 2.24) is 9.59 Å². The third-order valence-electron chi connectivity index (χ3n) is 0.844. The molecule has 1 aromatic rings. The Hall–Kier alpha value is -0.530. The van der Waals surface area contributed by atoms with E-state index in [0.717, 1.165) is 0 Å². The number of aryl methyl sites for hydroxylation is 1. The molecule has 5 nitrogen and oxygen atoms in total. The molecule has 1 aromatic heterocycles. The van der Waals surface area contributed by atoms with Crippen LogP contribution in [0.2, 0.25) is 0 Å². The smallest absolute Gasteiger partial charge is 0.281 e. The summed E-state index contributed by atoms with van der Waals surface area (Å²) in [6.45, 7) is 1.46. The fourth-order valence-electron chi connectivity index (χ4n) is 0.459. The fourth-order valence-corrected chi connectivity index (χ4v) is 1.76. The molecule has 56 valence electrons. The lowest BCUT2D eigenvalue weighted by Gasteiger charge is -1.87. The number of rotatable bonds is 1. The zero-order chi connectivity index (χ0) is 7.78. The maximum atomic E-state index is 10.4. The van der Waals surface area contributed by atoms with Crippen LogP contribution in [0, 0.1) is 6.92 Å². The van der Waals surface area contributed by atoms with Crippen molar-refractivity contribution in [2.75, 3.05) is 0 Å². The average molecular weight is 180 g/mol. The Labute approximate surface area is 61.6 Å². The maximum absolute atomic E-state index is 10.4. The quantitative estimate of drug-likeness (QED) is 0.619. The highest BCUT2D eigenvalue weighted by atomic mass is 32.3. The van der Waals surface area contributed by atoms with Crippen LogP contribution in [0.25, 0.3) is 0 Å². The molecule has 0 unspecified atom stereocenters. The van der Waals surface area contributed by atoms with Gasteiger partial charge in [0.25, 0.3) is 0 Å².